The number of carboxylic acids is 1. The van der Waals surface area contributed by atoms with Gasteiger partial charge in [0.1, 0.15) is 0 Å². The van der Waals surface area contributed by atoms with Gasteiger partial charge < -0.3 is 20.7 Å². The number of carboxylic acid groups (broad SMARTS) is 1. The summed E-state index contributed by atoms with van der Waals surface area (Å²) >= 11 is 0. The molecule has 0 aromatic carbocycles. The van der Waals surface area contributed by atoms with Crippen LogP contribution in [0.5, 0.6) is 0 Å². The molecule has 1 amide bonds. The Morgan fingerprint density at radius 1 is 1.64 bits per heavy atom. The Bertz CT molecular complexity index is 161. The van der Waals surface area contributed by atoms with E-state index in [2.05, 4.69) is 5.32 Å². The summed E-state index contributed by atoms with van der Waals surface area (Å²) in [7, 11) is 0. The zero-order valence-corrected chi connectivity index (χ0v) is 8.22. The fourth-order valence-electron chi connectivity index (χ4n) is 0.791. The molecule has 11 heavy (non-hydrogen) atoms. The summed E-state index contributed by atoms with van der Waals surface area (Å²) in [5.74, 6) is -1.40. The van der Waals surface area contributed by atoms with Crippen LogP contribution in [0, 0.1) is 0 Å². The van der Waals surface area contributed by atoms with E-state index < -0.39 is 12.0 Å². The molecule has 58 valence electrons. The van der Waals surface area contributed by atoms with Crippen LogP contribution in [-0.4, -0.2) is 23.4 Å². The van der Waals surface area contributed by atoms with E-state index in [0.717, 1.165) is 0 Å². The van der Waals surface area contributed by atoms with Crippen molar-refractivity contribution in [2.45, 2.75) is 18.9 Å². The van der Waals surface area contributed by atoms with Gasteiger partial charge in [-0.1, -0.05) is 0 Å². The minimum atomic E-state index is -1.19. The number of aliphatic carboxylic acids is 1. The number of rotatable bonds is 1. The fourth-order valence-corrected chi connectivity index (χ4v) is 0.791. The van der Waals surface area contributed by atoms with E-state index in [-0.39, 0.29) is 40.9 Å². The first kappa shape index (κ1) is 13.5. The van der Waals surface area contributed by atoms with Crippen molar-refractivity contribution in [2.24, 2.45) is 0 Å². The van der Waals surface area contributed by atoms with E-state index in [1.165, 1.54) is 0 Å². The van der Waals surface area contributed by atoms with Crippen LogP contribution >= 0.6 is 0 Å². The van der Waals surface area contributed by atoms with Gasteiger partial charge in [0.15, 0.2) is 0 Å². The van der Waals surface area contributed by atoms with E-state index in [9.17, 15) is 14.7 Å². The smallest absolute Gasteiger partial charge is 0.548 e. The molecule has 1 heterocycles. The molecule has 0 saturated carbocycles. The van der Waals surface area contributed by atoms with Crippen LogP contribution in [0.15, 0.2) is 0 Å². The van der Waals surface area contributed by atoms with Crippen molar-refractivity contribution in [3.63, 3.8) is 0 Å². The van der Waals surface area contributed by atoms with E-state index in [1.54, 1.807) is 0 Å². The maximum absolute atomic E-state index is 10.4. The van der Waals surface area contributed by atoms with Crippen LogP contribution in [0.2, 0.25) is 0 Å². The van der Waals surface area contributed by atoms with Crippen molar-refractivity contribution < 1.29 is 49.7 Å². The van der Waals surface area contributed by atoms with Crippen LogP contribution < -0.4 is 40.0 Å². The zero-order chi connectivity index (χ0) is 6.85. The van der Waals surface area contributed by atoms with Crippen LogP contribution in [0.3, 0.4) is 0 Å². The molecule has 1 aliphatic rings. The molecule has 0 bridgehead atoms. The zero-order valence-electron chi connectivity index (χ0n) is 6.22. The molecule has 1 rings (SSSR count). The number of carbonyl (C=O) groups is 2. The monoisotopic (exact) mass is 169 g/mol. The summed E-state index contributed by atoms with van der Waals surface area (Å²) in [6.45, 7) is 0. The predicted molar refractivity (Wildman–Crippen MR) is 29.8 cm³/mol. The Morgan fingerprint density at radius 2 is 2.18 bits per heavy atom. The van der Waals surface area contributed by atoms with Gasteiger partial charge in [-0.15, -0.1) is 0 Å². The molecule has 3 N–H and O–H groups in total. The van der Waals surface area contributed by atoms with Gasteiger partial charge in [0.05, 0.1) is 12.0 Å². The molecule has 0 aliphatic carbocycles. The molecule has 0 radical (unpaired) electrons. The van der Waals surface area contributed by atoms with Gasteiger partial charge in [-0.2, -0.15) is 0 Å². The number of nitrogens with one attached hydrogen (secondary N) is 1. The maximum atomic E-state index is 10.4. The van der Waals surface area contributed by atoms with E-state index >= 15 is 0 Å². The molecule has 5 nitrogen and oxygen atoms in total. The van der Waals surface area contributed by atoms with Gasteiger partial charge in [0, 0.05) is 6.42 Å². The van der Waals surface area contributed by atoms with Crippen molar-refractivity contribution in [1.29, 1.82) is 0 Å². The average molecular weight is 169 g/mol. The Kier molecular flexibility index (Phi) is 6.79. The molecule has 0 aromatic rings. The summed E-state index contributed by atoms with van der Waals surface area (Å²) in [6.07, 6.45) is 0.666. The Labute approximate surface area is 85.8 Å². The topological polar surface area (TPSA) is 101 Å². The molecule has 1 aliphatic heterocycles. The molecular weight excluding hydrogens is 161 g/mol. The van der Waals surface area contributed by atoms with Gasteiger partial charge in [-0.3, -0.25) is 4.79 Å². The number of amides is 1. The summed E-state index contributed by atoms with van der Waals surface area (Å²) in [6, 6.07) is -0.752. The second-order valence-electron chi connectivity index (χ2n) is 1.98. The molecule has 0 aromatic heterocycles. The van der Waals surface area contributed by atoms with Crippen LogP contribution in [0.25, 0.3) is 0 Å². The van der Waals surface area contributed by atoms with Gasteiger partial charge in [-0.25, -0.2) is 0 Å². The standard InChI is InChI=1S/C5H7NO3.Na.H2O/c7-4-2-1-3(6-4)5(8)9;;/h3H,1-2H2,(H,6,7)(H,8,9);;1H2/q;+1;/p-1. The summed E-state index contributed by atoms with van der Waals surface area (Å²) in [5.41, 5.74) is 0. The maximum Gasteiger partial charge on any atom is 1.00 e. The summed E-state index contributed by atoms with van der Waals surface area (Å²) < 4.78 is 0. The van der Waals surface area contributed by atoms with Gasteiger partial charge >= 0.3 is 29.6 Å². The van der Waals surface area contributed by atoms with Crippen molar-refractivity contribution in [3.05, 3.63) is 0 Å². The van der Waals surface area contributed by atoms with Gasteiger partial charge in [0.25, 0.3) is 0 Å². The second-order valence-corrected chi connectivity index (χ2v) is 1.98. The van der Waals surface area contributed by atoms with E-state index in [1.807, 2.05) is 0 Å². The first-order chi connectivity index (χ1) is 4.20. The summed E-state index contributed by atoms with van der Waals surface area (Å²) in [4.78, 5) is 20.4. The Balaban J connectivity index is 0. The SMILES string of the molecule is O.O=C1CCC(C(=O)[O-])N1.[Na+]. The van der Waals surface area contributed by atoms with Crippen LogP contribution in [0.4, 0.5) is 0 Å². The molecular formula is C5H8NNaO4. The minimum absolute atomic E-state index is 0. The van der Waals surface area contributed by atoms with Crippen molar-refractivity contribution in [2.75, 3.05) is 0 Å². The third kappa shape index (κ3) is 3.71. The van der Waals surface area contributed by atoms with Crippen LogP contribution in [-0.2, 0) is 9.59 Å². The molecule has 1 unspecified atom stereocenters. The van der Waals surface area contributed by atoms with Crippen LogP contribution in [0.1, 0.15) is 12.8 Å². The largest absolute Gasteiger partial charge is 1.00 e. The molecule has 6 heteroatoms. The second kappa shape index (κ2) is 5.54. The van der Waals surface area contributed by atoms with Crippen molar-refractivity contribution >= 4 is 11.9 Å². The normalized spacial score (nSPS) is 21.1. The summed E-state index contributed by atoms with van der Waals surface area (Å²) in [5, 5.41) is 12.3. The Hall–Kier alpha value is -0.1000. The first-order valence-corrected chi connectivity index (χ1v) is 2.70. The van der Waals surface area contributed by atoms with E-state index in [0.29, 0.717) is 12.8 Å². The third-order valence-electron chi connectivity index (χ3n) is 1.28. The average Bonchev–Trinajstić information content (AvgIpc) is 2.14. The first-order valence-electron chi connectivity index (χ1n) is 2.70. The van der Waals surface area contributed by atoms with E-state index in [4.69, 9.17) is 0 Å². The number of hydrogen-bond donors (Lipinski definition) is 1. The van der Waals surface area contributed by atoms with Crippen molar-refractivity contribution in [3.8, 4) is 0 Å². The third-order valence-corrected chi connectivity index (χ3v) is 1.28. The van der Waals surface area contributed by atoms with Gasteiger partial charge in [0.2, 0.25) is 5.91 Å². The minimum Gasteiger partial charge on any atom is -0.548 e. The number of carbonyl (C=O) groups excluding carboxylic acids is 2. The molecule has 1 atom stereocenters. The molecule has 0 spiro atoms. The fraction of sp³-hybridized carbons (Fsp3) is 0.600. The van der Waals surface area contributed by atoms with Crippen molar-refractivity contribution in [1.82, 2.24) is 5.32 Å². The quantitative estimate of drug-likeness (QED) is 0.395. The van der Waals surface area contributed by atoms with Gasteiger partial charge in [-0.05, 0) is 6.42 Å². The Morgan fingerprint density at radius 3 is 2.36 bits per heavy atom. The number of hydrogen-bond acceptors (Lipinski definition) is 3. The molecule has 1 fully saturated rings. The molecule has 1 saturated heterocycles. The predicted octanol–water partition coefficient (Wildman–Crippen LogP) is -5.81.